The number of aromatic nitrogens is 1. The minimum Gasteiger partial charge on any atom is -0.317 e. The van der Waals surface area contributed by atoms with Crippen molar-refractivity contribution in [1.29, 1.82) is 0 Å². The summed E-state index contributed by atoms with van der Waals surface area (Å²) in [5.74, 6) is -1.67. The second-order valence-corrected chi connectivity index (χ2v) is 1.71. The van der Waals surface area contributed by atoms with Crippen LogP contribution in [0.2, 0.25) is 5.02 Å². The van der Waals surface area contributed by atoms with Crippen molar-refractivity contribution in [3.05, 3.63) is 29.1 Å². The SMILES string of the molecule is Fc1[c-]c(Cl)c(F)cn1.[K+]. The number of nitrogens with zero attached hydrogens (tertiary/aromatic N) is 1. The van der Waals surface area contributed by atoms with Crippen LogP contribution in [0.4, 0.5) is 8.78 Å². The van der Waals surface area contributed by atoms with Gasteiger partial charge in [-0.3, -0.25) is 4.98 Å². The van der Waals surface area contributed by atoms with E-state index in [-0.39, 0.29) is 56.4 Å². The fourth-order valence-corrected chi connectivity index (χ4v) is 0.479. The maximum absolute atomic E-state index is 12.1. The predicted molar refractivity (Wildman–Crippen MR) is 28.0 cm³/mol. The molecule has 0 unspecified atom stereocenters. The minimum atomic E-state index is -0.901. The molecule has 0 N–H and O–H groups in total. The molecule has 0 spiro atoms. The summed E-state index contributed by atoms with van der Waals surface area (Å²) in [6.07, 6.45) is 0.703. The molecule has 0 aliphatic rings. The normalized spacial score (nSPS) is 8.70. The third kappa shape index (κ3) is 2.90. The van der Waals surface area contributed by atoms with Gasteiger partial charge in [0.2, 0.25) is 0 Å². The van der Waals surface area contributed by atoms with Crippen LogP contribution in [0.25, 0.3) is 0 Å². The van der Waals surface area contributed by atoms with E-state index in [1.807, 2.05) is 6.07 Å². The Labute approximate surface area is 104 Å². The summed E-state index contributed by atoms with van der Waals surface area (Å²) in [6.45, 7) is 0. The molecule has 0 fully saturated rings. The molecule has 48 valence electrons. The van der Waals surface area contributed by atoms with Gasteiger partial charge in [0.25, 0.3) is 0 Å². The number of halogens is 3. The summed E-state index contributed by atoms with van der Waals surface area (Å²) in [7, 11) is 0. The smallest absolute Gasteiger partial charge is 0.317 e. The second-order valence-electron chi connectivity index (χ2n) is 1.34. The first-order valence-corrected chi connectivity index (χ1v) is 2.47. The van der Waals surface area contributed by atoms with Gasteiger partial charge < -0.3 is 4.39 Å². The zero-order valence-corrected chi connectivity index (χ0v) is 9.04. The van der Waals surface area contributed by atoms with Gasteiger partial charge in [0, 0.05) is 5.82 Å². The summed E-state index contributed by atoms with van der Waals surface area (Å²) in [5.41, 5.74) is 0. The first-order valence-electron chi connectivity index (χ1n) is 2.09. The molecular formula is C5HClF2KN. The Hall–Kier alpha value is 0.936. The summed E-state index contributed by atoms with van der Waals surface area (Å²) in [5, 5.41) is -0.373. The first kappa shape index (κ1) is 10.9. The van der Waals surface area contributed by atoms with E-state index in [2.05, 4.69) is 4.98 Å². The van der Waals surface area contributed by atoms with Gasteiger partial charge >= 0.3 is 51.4 Å². The van der Waals surface area contributed by atoms with E-state index in [4.69, 9.17) is 11.6 Å². The molecule has 0 aromatic carbocycles. The Morgan fingerprint density at radius 2 is 2.10 bits per heavy atom. The van der Waals surface area contributed by atoms with Crippen LogP contribution < -0.4 is 51.4 Å². The van der Waals surface area contributed by atoms with E-state index in [1.54, 1.807) is 0 Å². The van der Waals surface area contributed by atoms with Crippen molar-refractivity contribution in [2.75, 3.05) is 0 Å². The fraction of sp³-hybridized carbons (Fsp3) is 0. The Kier molecular flexibility index (Phi) is 5.19. The largest absolute Gasteiger partial charge is 1.00 e. The molecule has 0 radical (unpaired) electrons. The van der Waals surface area contributed by atoms with Crippen LogP contribution in [0.1, 0.15) is 0 Å². The standard InChI is InChI=1S/C5HClF2N.K/c6-3-1-5(8)9-2-4(3)7;/h2H;/q-1;+1. The van der Waals surface area contributed by atoms with Gasteiger partial charge in [-0.05, 0) is 6.20 Å². The van der Waals surface area contributed by atoms with E-state index in [0.29, 0.717) is 6.20 Å². The van der Waals surface area contributed by atoms with E-state index < -0.39 is 11.8 Å². The van der Waals surface area contributed by atoms with Crippen LogP contribution in [-0.4, -0.2) is 4.98 Å². The third-order valence-corrected chi connectivity index (χ3v) is 0.989. The molecule has 10 heavy (non-hydrogen) atoms. The van der Waals surface area contributed by atoms with Gasteiger partial charge in [0.15, 0.2) is 0 Å². The van der Waals surface area contributed by atoms with Gasteiger partial charge in [-0.25, -0.2) is 4.39 Å². The summed E-state index contributed by atoms with van der Waals surface area (Å²) < 4.78 is 24.0. The van der Waals surface area contributed by atoms with Gasteiger partial charge in [-0.1, -0.05) is 5.02 Å². The van der Waals surface area contributed by atoms with Gasteiger partial charge in [-0.2, -0.15) is 6.07 Å². The quantitative estimate of drug-likeness (QED) is 0.283. The molecular weight excluding hydrogens is 187 g/mol. The van der Waals surface area contributed by atoms with Crippen LogP contribution >= 0.6 is 11.6 Å². The Balaban J connectivity index is 0.000000810. The van der Waals surface area contributed by atoms with E-state index in [9.17, 15) is 8.78 Å². The topological polar surface area (TPSA) is 12.9 Å². The van der Waals surface area contributed by atoms with Crippen molar-refractivity contribution in [3.8, 4) is 0 Å². The predicted octanol–water partition coefficient (Wildman–Crippen LogP) is -1.18. The molecule has 0 saturated carbocycles. The summed E-state index contributed by atoms with van der Waals surface area (Å²) in [4.78, 5) is 2.96. The van der Waals surface area contributed by atoms with Crippen LogP contribution in [0.5, 0.6) is 0 Å². The zero-order chi connectivity index (χ0) is 6.85. The van der Waals surface area contributed by atoms with E-state index >= 15 is 0 Å². The molecule has 5 heteroatoms. The average Bonchev–Trinajstić information content (AvgIpc) is 1.80. The second kappa shape index (κ2) is 4.74. The number of rotatable bonds is 0. The van der Waals surface area contributed by atoms with Crippen molar-refractivity contribution in [2.45, 2.75) is 0 Å². The molecule has 1 rings (SSSR count). The van der Waals surface area contributed by atoms with Gasteiger partial charge in [0.05, 0.1) is 0 Å². The minimum absolute atomic E-state index is 0. The molecule has 1 heterocycles. The van der Waals surface area contributed by atoms with Gasteiger partial charge in [0.1, 0.15) is 5.95 Å². The molecule has 1 aromatic heterocycles. The van der Waals surface area contributed by atoms with E-state index in [1.165, 1.54) is 0 Å². The first-order chi connectivity index (χ1) is 4.20. The molecule has 0 bridgehead atoms. The Morgan fingerprint density at radius 3 is 2.50 bits per heavy atom. The summed E-state index contributed by atoms with van der Waals surface area (Å²) in [6, 6.07) is 1.85. The molecule has 0 saturated heterocycles. The van der Waals surface area contributed by atoms with E-state index in [0.717, 1.165) is 0 Å². The fourth-order valence-electron chi connectivity index (χ4n) is 0.353. The molecule has 0 aliphatic heterocycles. The maximum Gasteiger partial charge on any atom is 1.00 e. The van der Waals surface area contributed by atoms with Crippen LogP contribution in [0.15, 0.2) is 6.20 Å². The number of hydrogen-bond acceptors (Lipinski definition) is 1. The third-order valence-electron chi connectivity index (χ3n) is 0.714. The average molecular weight is 188 g/mol. The Morgan fingerprint density at radius 1 is 1.50 bits per heavy atom. The number of pyridine rings is 1. The van der Waals surface area contributed by atoms with Crippen molar-refractivity contribution in [3.63, 3.8) is 0 Å². The molecule has 1 nitrogen and oxygen atoms in total. The van der Waals surface area contributed by atoms with Crippen molar-refractivity contribution >= 4 is 11.6 Å². The maximum atomic E-state index is 12.1. The summed E-state index contributed by atoms with van der Waals surface area (Å²) >= 11 is 5.10. The van der Waals surface area contributed by atoms with Gasteiger partial charge in [-0.15, -0.1) is 11.6 Å². The van der Waals surface area contributed by atoms with Crippen molar-refractivity contribution in [2.24, 2.45) is 0 Å². The monoisotopic (exact) mass is 187 g/mol. The Bertz CT molecular complexity index is 231. The molecule has 1 aromatic rings. The van der Waals surface area contributed by atoms with Crippen molar-refractivity contribution in [1.82, 2.24) is 4.98 Å². The zero-order valence-electron chi connectivity index (χ0n) is 5.16. The van der Waals surface area contributed by atoms with Crippen LogP contribution in [0.3, 0.4) is 0 Å². The number of hydrogen-bond donors (Lipinski definition) is 0. The molecule has 0 aliphatic carbocycles. The molecule has 0 atom stereocenters. The van der Waals surface area contributed by atoms with Crippen LogP contribution in [-0.2, 0) is 0 Å². The van der Waals surface area contributed by atoms with Crippen molar-refractivity contribution < 1.29 is 60.2 Å². The van der Waals surface area contributed by atoms with Crippen LogP contribution in [0, 0.1) is 17.8 Å². The molecule has 0 amide bonds.